The first kappa shape index (κ1) is 13.6. The van der Waals surface area contributed by atoms with E-state index in [0.717, 1.165) is 16.8 Å². The van der Waals surface area contributed by atoms with Crippen molar-refractivity contribution in [2.75, 3.05) is 5.73 Å². The van der Waals surface area contributed by atoms with E-state index < -0.39 is 0 Å². The maximum atomic E-state index is 6.12. The van der Waals surface area contributed by atoms with Crippen LogP contribution in [0.3, 0.4) is 0 Å². The molecule has 3 rings (SSSR count). The van der Waals surface area contributed by atoms with Crippen LogP contribution in [-0.2, 0) is 12.8 Å². The molecule has 0 aliphatic rings. The van der Waals surface area contributed by atoms with Crippen LogP contribution < -0.4 is 5.73 Å². The maximum absolute atomic E-state index is 6.12. The Balaban J connectivity index is 1.72. The Morgan fingerprint density at radius 2 is 1.57 bits per heavy atom. The SMILES string of the molecule is Nc1ccc(Cc2nnc(Cc3ccccc3Cl)o2)cc1. The summed E-state index contributed by atoms with van der Waals surface area (Å²) in [6.45, 7) is 0. The fourth-order valence-electron chi connectivity index (χ4n) is 2.05. The first-order chi connectivity index (χ1) is 10.2. The van der Waals surface area contributed by atoms with Gasteiger partial charge in [-0.1, -0.05) is 41.9 Å². The summed E-state index contributed by atoms with van der Waals surface area (Å²) >= 11 is 6.12. The topological polar surface area (TPSA) is 64.9 Å². The van der Waals surface area contributed by atoms with Gasteiger partial charge in [-0.2, -0.15) is 0 Å². The second kappa shape index (κ2) is 5.97. The molecule has 4 nitrogen and oxygen atoms in total. The molecule has 0 aliphatic heterocycles. The molecule has 0 atom stereocenters. The molecule has 0 amide bonds. The minimum Gasteiger partial charge on any atom is -0.425 e. The highest BCUT2D eigenvalue weighted by molar-refractivity contribution is 6.31. The molecule has 0 fully saturated rings. The first-order valence-corrected chi connectivity index (χ1v) is 6.97. The Morgan fingerprint density at radius 3 is 2.29 bits per heavy atom. The molecule has 2 aromatic carbocycles. The second-order valence-corrected chi connectivity index (χ2v) is 5.18. The normalized spacial score (nSPS) is 10.7. The van der Waals surface area contributed by atoms with Gasteiger partial charge in [-0.15, -0.1) is 10.2 Å². The number of hydrogen-bond acceptors (Lipinski definition) is 4. The molecule has 0 bridgehead atoms. The fourth-order valence-corrected chi connectivity index (χ4v) is 2.25. The van der Waals surface area contributed by atoms with Crippen molar-refractivity contribution in [2.45, 2.75) is 12.8 Å². The third-order valence-electron chi connectivity index (χ3n) is 3.14. The van der Waals surface area contributed by atoms with E-state index in [0.29, 0.717) is 29.6 Å². The van der Waals surface area contributed by atoms with Crippen LogP contribution in [0.15, 0.2) is 52.9 Å². The van der Waals surface area contributed by atoms with Gasteiger partial charge in [-0.3, -0.25) is 0 Å². The summed E-state index contributed by atoms with van der Waals surface area (Å²) in [5.41, 5.74) is 8.45. The molecule has 0 unspecified atom stereocenters. The minimum atomic E-state index is 0.536. The lowest BCUT2D eigenvalue weighted by molar-refractivity contribution is 0.466. The van der Waals surface area contributed by atoms with Gasteiger partial charge in [0.2, 0.25) is 11.8 Å². The smallest absolute Gasteiger partial charge is 0.221 e. The summed E-state index contributed by atoms with van der Waals surface area (Å²) in [6.07, 6.45) is 1.13. The molecule has 21 heavy (non-hydrogen) atoms. The summed E-state index contributed by atoms with van der Waals surface area (Å²) in [6, 6.07) is 15.3. The summed E-state index contributed by atoms with van der Waals surface area (Å²) in [7, 11) is 0. The van der Waals surface area contributed by atoms with Crippen LogP contribution in [0, 0.1) is 0 Å². The zero-order valence-electron chi connectivity index (χ0n) is 11.3. The highest BCUT2D eigenvalue weighted by atomic mass is 35.5. The molecule has 5 heteroatoms. The summed E-state index contributed by atoms with van der Waals surface area (Å²) in [4.78, 5) is 0. The van der Waals surface area contributed by atoms with Crippen molar-refractivity contribution in [2.24, 2.45) is 0 Å². The lowest BCUT2D eigenvalue weighted by Gasteiger charge is -2.00. The largest absolute Gasteiger partial charge is 0.425 e. The van der Waals surface area contributed by atoms with E-state index in [4.69, 9.17) is 21.8 Å². The molecule has 2 N–H and O–H groups in total. The third kappa shape index (κ3) is 3.41. The average Bonchev–Trinajstić information content (AvgIpc) is 2.91. The van der Waals surface area contributed by atoms with Crippen molar-refractivity contribution in [3.8, 4) is 0 Å². The van der Waals surface area contributed by atoms with Gasteiger partial charge in [0.15, 0.2) is 0 Å². The van der Waals surface area contributed by atoms with E-state index in [1.165, 1.54) is 0 Å². The average molecular weight is 300 g/mol. The van der Waals surface area contributed by atoms with Crippen LogP contribution in [-0.4, -0.2) is 10.2 Å². The molecule has 0 saturated carbocycles. The number of anilines is 1. The summed E-state index contributed by atoms with van der Waals surface area (Å²) in [5.74, 6) is 1.15. The number of halogens is 1. The number of aromatic nitrogens is 2. The van der Waals surface area contributed by atoms with Crippen molar-refractivity contribution >= 4 is 17.3 Å². The monoisotopic (exact) mass is 299 g/mol. The predicted octanol–water partition coefficient (Wildman–Crippen LogP) is 3.49. The van der Waals surface area contributed by atoms with E-state index in [1.54, 1.807) is 0 Å². The quantitative estimate of drug-likeness (QED) is 0.749. The Bertz CT molecular complexity index is 737. The molecule has 0 spiro atoms. The van der Waals surface area contributed by atoms with Crippen LogP contribution in [0.4, 0.5) is 5.69 Å². The van der Waals surface area contributed by atoms with Crippen LogP contribution in [0.25, 0.3) is 0 Å². The van der Waals surface area contributed by atoms with Gasteiger partial charge >= 0.3 is 0 Å². The summed E-state index contributed by atoms with van der Waals surface area (Å²) in [5, 5.41) is 8.84. The molecular weight excluding hydrogens is 286 g/mol. The number of benzene rings is 2. The highest BCUT2D eigenvalue weighted by Gasteiger charge is 2.09. The number of nitrogens with zero attached hydrogens (tertiary/aromatic N) is 2. The lowest BCUT2D eigenvalue weighted by Crippen LogP contribution is -1.90. The molecule has 106 valence electrons. The Hall–Kier alpha value is -2.33. The minimum absolute atomic E-state index is 0.536. The fraction of sp³-hybridized carbons (Fsp3) is 0.125. The van der Waals surface area contributed by atoms with Gasteiger partial charge in [0.25, 0.3) is 0 Å². The molecule has 0 saturated heterocycles. The molecule has 0 aliphatic carbocycles. The zero-order valence-corrected chi connectivity index (χ0v) is 12.0. The summed E-state index contributed by atoms with van der Waals surface area (Å²) < 4.78 is 5.66. The van der Waals surface area contributed by atoms with Crippen molar-refractivity contribution in [1.29, 1.82) is 0 Å². The Kier molecular flexibility index (Phi) is 3.88. The van der Waals surface area contributed by atoms with Gasteiger partial charge in [0.1, 0.15) is 0 Å². The highest BCUT2D eigenvalue weighted by Crippen LogP contribution is 2.19. The van der Waals surface area contributed by atoms with Gasteiger partial charge in [0.05, 0.1) is 12.8 Å². The zero-order chi connectivity index (χ0) is 14.7. The van der Waals surface area contributed by atoms with E-state index in [-0.39, 0.29) is 0 Å². The molecule has 0 radical (unpaired) electrons. The lowest BCUT2D eigenvalue weighted by atomic mass is 10.1. The standard InChI is InChI=1S/C16H14ClN3O/c17-14-4-2-1-3-12(14)10-16-20-19-15(21-16)9-11-5-7-13(18)8-6-11/h1-8H,9-10,18H2. The number of rotatable bonds is 4. The van der Waals surface area contributed by atoms with E-state index in [2.05, 4.69) is 10.2 Å². The maximum Gasteiger partial charge on any atom is 0.221 e. The Morgan fingerprint density at radius 1 is 0.905 bits per heavy atom. The number of nitrogen functional groups attached to an aromatic ring is 1. The first-order valence-electron chi connectivity index (χ1n) is 6.60. The van der Waals surface area contributed by atoms with Crippen molar-refractivity contribution < 1.29 is 4.42 Å². The van der Waals surface area contributed by atoms with Crippen LogP contribution >= 0.6 is 11.6 Å². The third-order valence-corrected chi connectivity index (χ3v) is 3.51. The van der Waals surface area contributed by atoms with E-state index >= 15 is 0 Å². The van der Waals surface area contributed by atoms with E-state index in [1.807, 2.05) is 48.5 Å². The van der Waals surface area contributed by atoms with Gasteiger partial charge < -0.3 is 10.2 Å². The second-order valence-electron chi connectivity index (χ2n) is 4.78. The molecule has 1 aromatic heterocycles. The molecular formula is C16H14ClN3O. The van der Waals surface area contributed by atoms with Gasteiger partial charge in [-0.05, 0) is 29.3 Å². The number of nitrogens with two attached hydrogens (primary N) is 1. The van der Waals surface area contributed by atoms with Crippen molar-refractivity contribution in [3.63, 3.8) is 0 Å². The van der Waals surface area contributed by atoms with E-state index in [9.17, 15) is 0 Å². The van der Waals surface area contributed by atoms with Crippen LogP contribution in [0.1, 0.15) is 22.9 Å². The van der Waals surface area contributed by atoms with Crippen LogP contribution in [0.2, 0.25) is 5.02 Å². The number of hydrogen-bond donors (Lipinski definition) is 1. The predicted molar refractivity (Wildman–Crippen MR) is 82.2 cm³/mol. The van der Waals surface area contributed by atoms with Crippen molar-refractivity contribution in [1.82, 2.24) is 10.2 Å². The molecule has 1 heterocycles. The van der Waals surface area contributed by atoms with Crippen molar-refractivity contribution in [3.05, 3.63) is 76.5 Å². The van der Waals surface area contributed by atoms with Gasteiger partial charge in [-0.25, -0.2) is 0 Å². The Labute approximate surface area is 127 Å². The van der Waals surface area contributed by atoms with Gasteiger partial charge in [0, 0.05) is 10.7 Å². The molecule has 3 aromatic rings. The van der Waals surface area contributed by atoms with Crippen LogP contribution in [0.5, 0.6) is 0 Å².